The number of rotatable bonds is 9. The fourth-order valence-corrected chi connectivity index (χ4v) is 4.21. The first-order valence-corrected chi connectivity index (χ1v) is 11.5. The molecule has 0 aliphatic carbocycles. The van der Waals surface area contributed by atoms with E-state index in [-0.39, 0.29) is 5.56 Å². The van der Waals surface area contributed by atoms with Crippen molar-refractivity contribution in [2.45, 2.75) is 17.6 Å². The van der Waals surface area contributed by atoms with Gasteiger partial charge in [0.2, 0.25) is 0 Å². The molecule has 0 aliphatic rings. The van der Waals surface area contributed by atoms with Crippen LogP contribution < -0.4 is 10.6 Å². The maximum atomic E-state index is 13.8. The minimum Gasteiger partial charge on any atom is -0.357 e. The fourth-order valence-electron chi connectivity index (χ4n) is 4.03. The zero-order chi connectivity index (χ0) is 24.0. The molecule has 0 bridgehead atoms. The number of hydrogen-bond donors (Lipinski definition) is 2. The molecule has 4 aromatic rings. The first kappa shape index (κ1) is 23.6. The van der Waals surface area contributed by atoms with Gasteiger partial charge in [0.05, 0.1) is 11.5 Å². The van der Waals surface area contributed by atoms with Gasteiger partial charge in [-0.1, -0.05) is 94.7 Å². The van der Waals surface area contributed by atoms with E-state index in [1.807, 2.05) is 66.7 Å². The van der Waals surface area contributed by atoms with Crippen molar-refractivity contribution in [3.8, 4) is 0 Å². The summed E-state index contributed by atoms with van der Waals surface area (Å²) < 4.78 is 27.6. The molecule has 0 aliphatic heterocycles. The minimum absolute atomic E-state index is 0.0985. The first-order chi connectivity index (χ1) is 16.4. The van der Waals surface area contributed by atoms with Crippen molar-refractivity contribution in [3.05, 3.63) is 144 Å². The highest BCUT2D eigenvalue weighted by molar-refractivity contribution is 7.17. The Hall–Kier alpha value is -3.56. The highest BCUT2D eigenvalue weighted by Gasteiger charge is 2.36. The van der Waals surface area contributed by atoms with Gasteiger partial charge >= 0.3 is 0 Å². The standard InChI is InChI=1S/C28H26F2N3P/c1-21(32-25-16-10-15-24(19-25)28(29,30)34)33-27(23-13-6-3-7-14-23,26-17-8-9-18-31-26)20-22-11-4-2-5-12-22/h2-19,32-33H,1,20,34H2. The molecule has 2 atom stereocenters. The predicted molar refractivity (Wildman–Crippen MR) is 138 cm³/mol. The normalized spacial score (nSPS) is 13.0. The van der Waals surface area contributed by atoms with Crippen LogP contribution in [0, 0.1) is 0 Å². The molecular weight excluding hydrogens is 447 g/mol. The lowest BCUT2D eigenvalue weighted by atomic mass is 9.80. The van der Waals surface area contributed by atoms with Crippen LogP contribution >= 0.6 is 9.24 Å². The van der Waals surface area contributed by atoms with Gasteiger partial charge in [0, 0.05) is 23.9 Å². The fraction of sp³-hybridized carbons (Fsp3) is 0.107. The lowest BCUT2D eigenvalue weighted by molar-refractivity contribution is 0.104. The van der Waals surface area contributed by atoms with E-state index in [4.69, 9.17) is 4.98 Å². The van der Waals surface area contributed by atoms with Gasteiger partial charge in [-0.2, -0.15) is 8.78 Å². The summed E-state index contributed by atoms with van der Waals surface area (Å²) in [6.45, 7) is 4.18. The molecule has 1 aromatic heterocycles. The van der Waals surface area contributed by atoms with Gasteiger partial charge in [0.15, 0.2) is 0 Å². The summed E-state index contributed by atoms with van der Waals surface area (Å²) in [6, 6.07) is 32.1. The zero-order valence-electron chi connectivity index (χ0n) is 18.6. The number of alkyl halides is 2. The molecular formula is C28H26F2N3P. The number of hydrogen-bond acceptors (Lipinski definition) is 3. The topological polar surface area (TPSA) is 37.0 Å². The van der Waals surface area contributed by atoms with Crippen LogP contribution in [0.2, 0.25) is 0 Å². The Kier molecular flexibility index (Phi) is 7.04. The smallest absolute Gasteiger partial charge is 0.283 e. The number of nitrogens with one attached hydrogen (secondary N) is 2. The van der Waals surface area contributed by atoms with Crippen LogP contribution in [0.3, 0.4) is 0 Å². The Bertz CT molecular complexity index is 1190. The van der Waals surface area contributed by atoms with E-state index in [0.29, 0.717) is 17.9 Å². The molecule has 0 amide bonds. The summed E-state index contributed by atoms with van der Waals surface area (Å²) >= 11 is 0. The summed E-state index contributed by atoms with van der Waals surface area (Å²) in [7, 11) is 1.57. The monoisotopic (exact) mass is 473 g/mol. The SMILES string of the molecule is C=C(Nc1cccc(C(F)(F)P)c1)NC(Cc1ccccc1)(c1ccccc1)c1ccccn1. The molecule has 0 saturated heterocycles. The van der Waals surface area contributed by atoms with Crippen LogP contribution in [0.4, 0.5) is 14.5 Å². The first-order valence-electron chi connectivity index (χ1n) is 10.9. The Balaban J connectivity index is 1.74. The Morgan fingerprint density at radius 3 is 2.12 bits per heavy atom. The van der Waals surface area contributed by atoms with E-state index >= 15 is 0 Å². The number of halogens is 2. The third-order valence-electron chi connectivity index (χ3n) is 5.59. The molecule has 3 nitrogen and oxygen atoms in total. The number of aromatic nitrogens is 1. The molecule has 0 fully saturated rings. The van der Waals surface area contributed by atoms with E-state index in [2.05, 4.69) is 29.3 Å². The molecule has 6 heteroatoms. The lowest BCUT2D eigenvalue weighted by Crippen LogP contribution is -2.46. The lowest BCUT2D eigenvalue weighted by Gasteiger charge is -2.37. The van der Waals surface area contributed by atoms with Crippen LogP contribution in [0.5, 0.6) is 0 Å². The number of anilines is 1. The van der Waals surface area contributed by atoms with E-state index in [9.17, 15) is 8.78 Å². The Morgan fingerprint density at radius 1 is 0.824 bits per heavy atom. The van der Waals surface area contributed by atoms with Crippen molar-refractivity contribution in [3.63, 3.8) is 0 Å². The van der Waals surface area contributed by atoms with Gasteiger partial charge in [-0.25, -0.2) is 0 Å². The molecule has 34 heavy (non-hydrogen) atoms. The largest absolute Gasteiger partial charge is 0.357 e. The molecule has 2 N–H and O–H groups in total. The summed E-state index contributed by atoms with van der Waals surface area (Å²) in [5.74, 6) is 0.467. The van der Waals surface area contributed by atoms with Crippen LogP contribution in [-0.4, -0.2) is 4.98 Å². The van der Waals surface area contributed by atoms with Crippen molar-refractivity contribution in [1.29, 1.82) is 0 Å². The molecule has 0 radical (unpaired) electrons. The van der Waals surface area contributed by atoms with Gasteiger partial charge in [-0.05, 0) is 35.4 Å². The summed E-state index contributed by atoms with van der Waals surface area (Å²) in [4.78, 5) is 4.70. The average molecular weight is 474 g/mol. The third-order valence-corrected chi connectivity index (χ3v) is 5.92. The molecule has 1 heterocycles. The third kappa shape index (κ3) is 5.49. The average Bonchev–Trinajstić information content (AvgIpc) is 2.85. The molecule has 4 rings (SSSR count). The van der Waals surface area contributed by atoms with Crippen molar-refractivity contribution in [2.24, 2.45) is 0 Å². The van der Waals surface area contributed by atoms with Gasteiger partial charge in [-0.3, -0.25) is 4.98 Å². The van der Waals surface area contributed by atoms with Crippen molar-refractivity contribution in [1.82, 2.24) is 10.3 Å². The van der Waals surface area contributed by atoms with Crippen LogP contribution in [0.25, 0.3) is 0 Å². The number of pyridine rings is 1. The Morgan fingerprint density at radius 2 is 1.47 bits per heavy atom. The summed E-state index contributed by atoms with van der Waals surface area (Å²) in [5, 5.41) is 6.72. The second-order valence-electron chi connectivity index (χ2n) is 8.08. The van der Waals surface area contributed by atoms with Gasteiger partial charge in [0.1, 0.15) is 5.54 Å². The predicted octanol–water partition coefficient (Wildman–Crippen LogP) is 6.67. The van der Waals surface area contributed by atoms with Crippen LogP contribution in [0.1, 0.15) is 22.4 Å². The Labute approximate surface area is 201 Å². The molecule has 172 valence electrons. The van der Waals surface area contributed by atoms with Gasteiger partial charge in [-0.15, -0.1) is 0 Å². The van der Waals surface area contributed by atoms with E-state index in [1.165, 1.54) is 12.1 Å². The minimum atomic E-state index is -3.01. The molecule has 2 unspecified atom stereocenters. The van der Waals surface area contributed by atoms with Crippen molar-refractivity contribution < 1.29 is 8.78 Å². The second kappa shape index (κ2) is 10.1. The van der Waals surface area contributed by atoms with Gasteiger partial charge in [0.25, 0.3) is 5.66 Å². The number of benzene rings is 3. The summed E-state index contributed by atoms with van der Waals surface area (Å²) in [6.07, 6.45) is 2.36. The van der Waals surface area contributed by atoms with Crippen LogP contribution in [0.15, 0.2) is 122 Å². The number of nitrogens with zero attached hydrogens (tertiary/aromatic N) is 1. The zero-order valence-corrected chi connectivity index (χ0v) is 19.7. The highest BCUT2D eigenvalue weighted by atomic mass is 31.0. The molecule has 0 saturated carbocycles. The van der Waals surface area contributed by atoms with E-state index < -0.39 is 11.2 Å². The quantitative estimate of drug-likeness (QED) is 0.267. The molecule has 3 aromatic carbocycles. The van der Waals surface area contributed by atoms with Crippen molar-refractivity contribution >= 4 is 14.9 Å². The molecule has 0 spiro atoms. The van der Waals surface area contributed by atoms with Crippen LogP contribution in [-0.2, 0) is 17.6 Å². The van der Waals surface area contributed by atoms with E-state index in [1.54, 1.807) is 27.6 Å². The van der Waals surface area contributed by atoms with Gasteiger partial charge < -0.3 is 10.6 Å². The van der Waals surface area contributed by atoms with Crippen molar-refractivity contribution in [2.75, 3.05) is 5.32 Å². The maximum Gasteiger partial charge on any atom is 0.283 e. The second-order valence-corrected chi connectivity index (χ2v) is 8.81. The highest BCUT2D eigenvalue weighted by Crippen LogP contribution is 2.36. The maximum absolute atomic E-state index is 13.8. The van der Waals surface area contributed by atoms with E-state index in [0.717, 1.165) is 16.8 Å². The summed E-state index contributed by atoms with van der Waals surface area (Å²) in [5.41, 5.74) is -0.415.